The molecule has 0 saturated heterocycles. The molecule has 1 atom stereocenters. The van der Waals surface area contributed by atoms with E-state index in [1.54, 1.807) is 0 Å². The van der Waals surface area contributed by atoms with Crippen molar-refractivity contribution in [2.45, 2.75) is 39.7 Å². The Balaban J connectivity index is 2.31. The van der Waals surface area contributed by atoms with E-state index in [9.17, 15) is 4.79 Å². The molecule has 0 fully saturated rings. The van der Waals surface area contributed by atoms with Crippen LogP contribution in [-0.2, 0) is 4.79 Å². The van der Waals surface area contributed by atoms with Gasteiger partial charge in [0.15, 0.2) is 0 Å². The highest BCUT2D eigenvalue weighted by molar-refractivity contribution is 6.33. The molecule has 1 heterocycles. The molecule has 3 N–H and O–H groups in total. The van der Waals surface area contributed by atoms with Gasteiger partial charge in [-0.2, -0.15) is 0 Å². The molecule has 1 unspecified atom stereocenters. The number of amides is 1. The van der Waals surface area contributed by atoms with Crippen molar-refractivity contribution < 1.29 is 4.79 Å². The second-order valence-electron chi connectivity index (χ2n) is 5.58. The second kappa shape index (κ2) is 6.67. The molecule has 0 aromatic heterocycles. The van der Waals surface area contributed by atoms with Crippen LogP contribution in [0.15, 0.2) is 12.1 Å². The topological polar surface area (TPSA) is 58.4 Å². The van der Waals surface area contributed by atoms with Crippen molar-refractivity contribution in [2.75, 3.05) is 23.3 Å². The number of nitrogens with two attached hydrogens (primary N) is 1. The summed E-state index contributed by atoms with van der Waals surface area (Å²) >= 11 is 6.43. The summed E-state index contributed by atoms with van der Waals surface area (Å²) in [5, 5.41) is 3.49. The van der Waals surface area contributed by atoms with Gasteiger partial charge in [0.2, 0.25) is 5.91 Å². The minimum absolute atomic E-state index is 0.166. The third kappa shape index (κ3) is 3.16. The summed E-state index contributed by atoms with van der Waals surface area (Å²) in [7, 11) is 0. The molecule has 5 heteroatoms. The predicted octanol–water partition coefficient (Wildman–Crippen LogP) is 3.55. The van der Waals surface area contributed by atoms with Crippen LogP contribution in [0.5, 0.6) is 0 Å². The highest BCUT2D eigenvalue weighted by Gasteiger charge is 2.29. The van der Waals surface area contributed by atoms with Gasteiger partial charge in [-0.1, -0.05) is 38.3 Å². The molecule has 0 saturated carbocycles. The Labute approximate surface area is 131 Å². The van der Waals surface area contributed by atoms with Crippen molar-refractivity contribution in [3.63, 3.8) is 0 Å². The number of carbonyl (C=O) groups excluding carboxylic acids is 1. The van der Waals surface area contributed by atoms with E-state index >= 15 is 0 Å². The first kappa shape index (κ1) is 16.1. The molecule has 1 aromatic rings. The number of nitrogens with zero attached hydrogens (tertiary/aromatic N) is 1. The standard InChI is InChI=1S/C16H24ClN3O/c1-4-10(5-2)9-20(6-3)14-8-13-11(7-12(14)17)15(18)16(21)19-13/h7-8,10,15H,4-6,9,18H2,1-3H3,(H,19,21). The van der Waals surface area contributed by atoms with E-state index in [2.05, 4.69) is 31.0 Å². The number of benzene rings is 1. The van der Waals surface area contributed by atoms with Gasteiger partial charge in [0.05, 0.1) is 10.7 Å². The van der Waals surface area contributed by atoms with Gasteiger partial charge < -0.3 is 16.0 Å². The zero-order valence-corrected chi connectivity index (χ0v) is 13.7. The maximum Gasteiger partial charge on any atom is 0.245 e. The number of nitrogens with one attached hydrogen (secondary N) is 1. The average molecular weight is 310 g/mol. The Morgan fingerprint density at radius 3 is 2.57 bits per heavy atom. The van der Waals surface area contributed by atoms with Crippen LogP contribution in [0, 0.1) is 5.92 Å². The van der Waals surface area contributed by atoms with E-state index in [-0.39, 0.29) is 5.91 Å². The van der Waals surface area contributed by atoms with Crippen LogP contribution in [0.3, 0.4) is 0 Å². The molecule has 0 spiro atoms. The summed E-state index contributed by atoms with van der Waals surface area (Å²) in [4.78, 5) is 13.9. The first-order chi connectivity index (χ1) is 10.0. The maximum atomic E-state index is 11.7. The van der Waals surface area contributed by atoms with E-state index in [1.165, 1.54) is 0 Å². The zero-order chi connectivity index (χ0) is 15.6. The fourth-order valence-corrected chi connectivity index (χ4v) is 3.08. The quantitative estimate of drug-likeness (QED) is 0.845. The molecular formula is C16H24ClN3O. The molecule has 1 aliphatic heterocycles. The summed E-state index contributed by atoms with van der Waals surface area (Å²) in [5.74, 6) is 0.479. The molecule has 2 rings (SSSR count). The van der Waals surface area contributed by atoms with E-state index in [1.807, 2.05) is 12.1 Å². The third-order valence-corrected chi connectivity index (χ3v) is 4.65. The molecule has 4 nitrogen and oxygen atoms in total. The van der Waals surface area contributed by atoms with E-state index in [0.29, 0.717) is 10.9 Å². The summed E-state index contributed by atoms with van der Waals surface area (Å²) in [5.41, 5.74) is 8.40. The molecule has 1 aromatic carbocycles. The molecule has 0 bridgehead atoms. The van der Waals surface area contributed by atoms with E-state index in [4.69, 9.17) is 17.3 Å². The lowest BCUT2D eigenvalue weighted by Gasteiger charge is -2.28. The Kier molecular flexibility index (Phi) is 5.12. The van der Waals surface area contributed by atoms with Gasteiger partial charge in [0.1, 0.15) is 6.04 Å². The van der Waals surface area contributed by atoms with Gasteiger partial charge in [-0.05, 0) is 25.0 Å². The summed E-state index contributed by atoms with van der Waals surface area (Å²) in [6.07, 6.45) is 2.30. The van der Waals surface area contributed by atoms with Gasteiger partial charge >= 0.3 is 0 Å². The molecule has 0 aliphatic carbocycles. The normalized spacial score (nSPS) is 17.0. The van der Waals surface area contributed by atoms with Gasteiger partial charge in [0, 0.05) is 24.3 Å². The molecule has 1 aliphatic rings. The second-order valence-corrected chi connectivity index (χ2v) is 5.99. The maximum absolute atomic E-state index is 11.7. The van der Waals surface area contributed by atoms with E-state index in [0.717, 1.165) is 42.9 Å². The van der Waals surface area contributed by atoms with Crippen molar-refractivity contribution in [2.24, 2.45) is 11.7 Å². The van der Waals surface area contributed by atoms with Gasteiger partial charge in [0.25, 0.3) is 0 Å². The van der Waals surface area contributed by atoms with Crippen molar-refractivity contribution >= 4 is 28.9 Å². The number of hydrogen-bond acceptors (Lipinski definition) is 3. The monoisotopic (exact) mass is 309 g/mol. The first-order valence-corrected chi connectivity index (χ1v) is 8.04. The van der Waals surface area contributed by atoms with Crippen molar-refractivity contribution in [1.29, 1.82) is 0 Å². The minimum Gasteiger partial charge on any atom is -0.370 e. The predicted molar refractivity (Wildman–Crippen MR) is 89.0 cm³/mol. The van der Waals surface area contributed by atoms with Crippen LogP contribution < -0.4 is 16.0 Å². The molecule has 1 amide bonds. The Hall–Kier alpha value is -1.26. The smallest absolute Gasteiger partial charge is 0.245 e. The van der Waals surface area contributed by atoms with Crippen LogP contribution >= 0.6 is 11.6 Å². The number of carbonyl (C=O) groups is 1. The highest BCUT2D eigenvalue weighted by Crippen LogP contribution is 2.38. The summed E-state index contributed by atoms with van der Waals surface area (Å²) < 4.78 is 0. The fraction of sp³-hybridized carbons (Fsp3) is 0.562. The highest BCUT2D eigenvalue weighted by atomic mass is 35.5. The molecular weight excluding hydrogens is 286 g/mol. The Bertz CT molecular complexity index is 528. The van der Waals surface area contributed by atoms with Gasteiger partial charge in [-0.15, -0.1) is 0 Å². The van der Waals surface area contributed by atoms with E-state index < -0.39 is 6.04 Å². The Morgan fingerprint density at radius 2 is 2.00 bits per heavy atom. The lowest BCUT2D eigenvalue weighted by atomic mass is 10.0. The van der Waals surface area contributed by atoms with Crippen LogP contribution in [-0.4, -0.2) is 19.0 Å². The van der Waals surface area contributed by atoms with Crippen LogP contribution in [0.4, 0.5) is 11.4 Å². The van der Waals surface area contributed by atoms with Gasteiger partial charge in [-0.3, -0.25) is 4.79 Å². The Morgan fingerprint density at radius 1 is 1.33 bits per heavy atom. The number of hydrogen-bond donors (Lipinski definition) is 2. The number of halogens is 1. The third-order valence-electron chi connectivity index (χ3n) is 4.35. The largest absolute Gasteiger partial charge is 0.370 e. The fourth-order valence-electron chi connectivity index (χ4n) is 2.79. The van der Waals surface area contributed by atoms with Crippen LogP contribution in [0.2, 0.25) is 5.02 Å². The lowest BCUT2D eigenvalue weighted by Crippen LogP contribution is -2.29. The molecule has 21 heavy (non-hydrogen) atoms. The average Bonchev–Trinajstić information content (AvgIpc) is 2.75. The van der Waals surface area contributed by atoms with Crippen molar-refractivity contribution in [3.05, 3.63) is 22.7 Å². The molecule has 116 valence electrons. The SMILES string of the molecule is CCC(CC)CN(CC)c1cc2c(cc1Cl)C(N)C(=O)N2. The van der Waals surface area contributed by atoms with Crippen LogP contribution in [0.25, 0.3) is 0 Å². The van der Waals surface area contributed by atoms with Crippen molar-refractivity contribution in [1.82, 2.24) is 0 Å². The van der Waals surface area contributed by atoms with Crippen LogP contribution in [0.1, 0.15) is 45.2 Å². The first-order valence-electron chi connectivity index (χ1n) is 7.66. The molecule has 0 radical (unpaired) electrons. The summed E-state index contributed by atoms with van der Waals surface area (Å²) in [6.45, 7) is 8.41. The van der Waals surface area contributed by atoms with Crippen molar-refractivity contribution in [3.8, 4) is 0 Å². The summed E-state index contributed by atoms with van der Waals surface area (Å²) in [6, 6.07) is 3.17. The number of anilines is 2. The number of fused-ring (bicyclic) bond motifs is 1. The minimum atomic E-state index is -0.611. The number of rotatable bonds is 6. The van der Waals surface area contributed by atoms with Gasteiger partial charge in [-0.25, -0.2) is 0 Å². The lowest BCUT2D eigenvalue weighted by molar-refractivity contribution is -0.116. The zero-order valence-electron chi connectivity index (χ0n) is 12.9.